The molecule has 0 saturated carbocycles. The summed E-state index contributed by atoms with van der Waals surface area (Å²) in [6, 6.07) is 2.90. The molecule has 1 aromatic carbocycles. The first-order valence-electron chi connectivity index (χ1n) is 6.44. The van der Waals surface area contributed by atoms with Crippen molar-refractivity contribution in [3.05, 3.63) is 35.1 Å². The molecule has 0 aromatic heterocycles. The van der Waals surface area contributed by atoms with Crippen LogP contribution in [0.25, 0.3) is 0 Å². The maximum atomic E-state index is 14.1. The van der Waals surface area contributed by atoms with Gasteiger partial charge in [-0.05, 0) is 25.5 Å². The fourth-order valence-corrected chi connectivity index (χ4v) is 2.06. The normalized spacial score (nSPS) is 13.0. The van der Waals surface area contributed by atoms with E-state index in [4.69, 9.17) is 6.42 Å². The van der Waals surface area contributed by atoms with Gasteiger partial charge in [0, 0.05) is 18.0 Å². The molecule has 110 valence electrons. The summed E-state index contributed by atoms with van der Waals surface area (Å²) >= 11 is 0. The van der Waals surface area contributed by atoms with Crippen molar-refractivity contribution in [2.24, 2.45) is 0 Å². The molecular weight excluding hydrogens is 270 g/mol. The third-order valence-electron chi connectivity index (χ3n) is 2.97. The van der Waals surface area contributed by atoms with E-state index in [0.717, 1.165) is 6.07 Å². The molecular formula is C15H17F4N. The summed E-state index contributed by atoms with van der Waals surface area (Å²) < 4.78 is 52.1. The zero-order valence-corrected chi connectivity index (χ0v) is 11.2. The van der Waals surface area contributed by atoms with Crippen LogP contribution >= 0.6 is 0 Å². The molecule has 5 heteroatoms. The van der Waals surface area contributed by atoms with E-state index < -0.39 is 23.6 Å². The molecule has 0 aliphatic rings. The average Bonchev–Trinajstić information content (AvgIpc) is 2.37. The van der Waals surface area contributed by atoms with Gasteiger partial charge in [0.25, 0.3) is 0 Å². The summed E-state index contributed by atoms with van der Waals surface area (Å²) in [5, 5.41) is 3.00. The molecule has 0 heterocycles. The van der Waals surface area contributed by atoms with Crippen LogP contribution in [0.3, 0.4) is 0 Å². The predicted molar refractivity (Wildman–Crippen MR) is 70.5 cm³/mol. The molecule has 0 aliphatic carbocycles. The van der Waals surface area contributed by atoms with Gasteiger partial charge in [-0.1, -0.05) is 19.1 Å². The highest BCUT2D eigenvalue weighted by molar-refractivity contribution is 5.30. The Hall–Kier alpha value is -1.54. The minimum absolute atomic E-state index is 0.0405. The Labute approximate surface area is 116 Å². The number of terminal acetylenes is 1. The monoisotopic (exact) mass is 287 g/mol. The molecule has 0 amide bonds. The van der Waals surface area contributed by atoms with Crippen LogP contribution in [0.1, 0.15) is 43.4 Å². The molecule has 1 atom stereocenters. The number of hydrogen-bond donors (Lipinski definition) is 1. The Morgan fingerprint density at radius 3 is 2.60 bits per heavy atom. The van der Waals surface area contributed by atoms with Crippen molar-refractivity contribution in [2.45, 2.75) is 38.4 Å². The van der Waals surface area contributed by atoms with E-state index in [0.29, 0.717) is 25.8 Å². The minimum Gasteiger partial charge on any atom is -0.310 e. The molecule has 0 fully saturated rings. The summed E-state index contributed by atoms with van der Waals surface area (Å²) in [4.78, 5) is 0. The van der Waals surface area contributed by atoms with Crippen molar-refractivity contribution in [3.8, 4) is 12.3 Å². The van der Waals surface area contributed by atoms with Gasteiger partial charge in [-0.25, -0.2) is 4.39 Å². The number of nitrogens with one attached hydrogen (secondary N) is 1. The fourth-order valence-electron chi connectivity index (χ4n) is 2.06. The summed E-state index contributed by atoms with van der Waals surface area (Å²) in [7, 11) is 0. The van der Waals surface area contributed by atoms with Crippen LogP contribution in [0.15, 0.2) is 18.2 Å². The predicted octanol–water partition coefficient (Wildman–Crippen LogP) is 4.30. The third kappa shape index (κ3) is 4.24. The molecule has 0 bridgehead atoms. The van der Waals surface area contributed by atoms with Crippen LogP contribution in [-0.2, 0) is 6.18 Å². The summed E-state index contributed by atoms with van der Waals surface area (Å²) in [6.07, 6.45) is 2.10. The van der Waals surface area contributed by atoms with E-state index in [1.807, 2.05) is 6.92 Å². The number of hydrogen-bond acceptors (Lipinski definition) is 1. The van der Waals surface area contributed by atoms with Gasteiger partial charge >= 0.3 is 6.18 Å². The van der Waals surface area contributed by atoms with Gasteiger partial charge in [-0.2, -0.15) is 13.2 Å². The van der Waals surface area contributed by atoms with Crippen molar-refractivity contribution in [1.82, 2.24) is 5.32 Å². The van der Waals surface area contributed by atoms with Crippen LogP contribution in [0.5, 0.6) is 0 Å². The lowest BCUT2D eigenvalue weighted by atomic mass is 9.98. The van der Waals surface area contributed by atoms with E-state index >= 15 is 0 Å². The largest absolute Gasteiger partial charge is 0.419 e. The lowest BCUT2D eigenvalue weighted by Crippen LogP contribution is -2.23. The second-order valence-electron chi connectivity index (χ2n) is 4.41. The van der Waals surface area contributed by atoms with Gasteiger partial charge in [0.15, 0.2) is 0 Å². The summed E-state index contributed by atoms with van der Waals surface area (Å²) in [5.74, 6) is 1.26. The van der Waals surface area contributed by atoms with Crippen molar-refractivity contribution in [1.29, 1.82) is 0 Å². The van der Waals surface area contributed by atoms with Crippen LogP contribution < -0.4 is 5.32 Å². The second-order valence-corrected chi connectivity index (χ2v) is 4.41. The highest BCUT2D eigenvalue weighted by atomic mass is 19.4. The van der Waals surface area contributed by atoms with Gasteiger partial charge in [0.05, 0.1) is 5.56 Å². The highest BCUT2D eigenvalue weighted by Gasteiger charge is 2.35. The quantitative estimate of drug-likeness (QED) is 0.467. The first kappa shape index (κ1) is 16.5. The maximum absolute atomic E-state index is 14.1. The van der Waals surface area contributed by atoms with Gasteiger partial charge in [0.1, 0.15) is 5.82 Å². The lowest BCUT2D eigenvalue weighted by Gasteiger charge is -2.20. The zero-order valence-electron chi connectivity index (χ0n) is 11.2. The molecule has 1 rings (SSSR count). The molecule has 1 aromatic rings. The molecule has 0 aliphatic heterocycles. The fraction of sp³-hybridized carbons (Fsp3) is 0.467. The standard InChI is InChI=1S/C15H17F4N/c1-3-5-6-10-13(20-4-2)11-8-7-9-12(14(11)16)15(17,18)19/h1,7-9,13,20H,4-6,10H2,2H3. The van der Waals surface area contributed by atoms with Crippen LogP contribution in [0.2, 0.25) is 0 Å². The van der Waals surface area contributed by atoms with Crippen molar-refractivity contribution >= 4 is 0 Å². The number of halogens is 4. The first-order valence-corrected chi connectivity index (χ1v) is 6.44. The van der Waals surface area contributed by atoms with Crippen LogP contribution in [0.4, 0.5) is 17.6 Å². The molecule has 0 saturated heterocycles. The van der Waals surface area contributed by atoms with E-state index in [1.54, 1.807) is 0 Å². The van der Waals surface area contributed by atoms with Crippen molar-refractivity contribution in [3.63, 3.8) is 0 Å². The number of unbranched alkanes of at least 4 members (excludes halogenated alkanes) is 1. The zero-order chi connectivity index (χ0) is 15.2. The molecule has 0 radical (unpaired) electrons. The van der Waals surface area contributed by atoms with Gasteiger partial charge < -0.3 is 5.32 Å². The van der Waals surface area contributed by atoms with E-state index in [1.165, 1.54) is 12.1 Å². The molecule has 1 nitrogen and oxygen atoms in total. The number of alkyl halides is 3. The Morgan fingerprint density at radius 1 is 1.35 bits per heavy atom. The molecule has 1 unspecified atom stereocenters. The lowest BCUT2D eigenvalue weighted by molar-refractivity contribution is -0.140. The molecule has 0 spiro atoms. The Balaban J connectivity index is 3.05. The van der Waals surface area contributed by atoms with Crippen LogP contribution in [-0.4, -0.2) is 6.54 Å². The Kier molecular flexibility index (Phi) is 6.03. The topological polar surface area (TPSA) is 12.0 Å². The SMILES string of the molecule is C#CCCCC(NCC)c1cccc(C(F)(F)F)c1F. The van der Waals surface area contributed by atoms with Gasteiger partial charge in [-0.3, -0.25) is 0 Å². The van der Waals surface area contributed by atoms with E-state index in [9.17, 15) is 17.6 Å². The summed E-state index contributed by atoms with van der Waals surface area (Å²) in [6.45, 7) is 2.36. The molecule has 20 heavy (non-hydrogen) atoms. The number of benzene rings is 1. The second kappa shape index (κ2) is 7.30. The highest BCUT2D eigenvalue weighted by Crippen LogP contribution is 2.34. The third-order valence-corrected chi connectivity index (χ3v) is 2.97. The van der Waals surface area contributed by atoms with Crippen LogP contribution in [0, 0.1) is 18.2 Å². The first-order chi connectivity index (χ1) is 9.41. The smallest absolute Gasteiger partial charge is 0.310 e. The van der Waals surface area contributed by atoms with E-state index in [2.05, 4.69) is 11.2 Å². The average molecular weight is 287 g/mol. The van der Waals surface area contributed by atoms with Crippen molar-refractivity contribution < 1.29 is 17.6 Å². The van der Waals surface area contributed by atoms with Crippen molar-refractivity contribution in [2.75, 3.05) is 6.54 Å². The van der Waals surface area contributed by atoms with E-state index in [-0.39, 0.29) is 5.56 Å². The van der Waals surface area contributed by atoms with Gasteiger partial charge in [-0.15, -0.1) is 12.3 Å². The minimum atomic E-state index is -4.68. The number of rotatable bonds is 6. The maximum Gasteiger partial charge on any atom is 0.419 e. The van der Waals surface area contributed by atoms with Gasteiger partial charge in [0.2, 0.25) is 0 Å². The Bertz CT molecular complexity index is 474. The molecule has 1 N–H and O–H groups in total. The Morgan fingerprint density at radius 2 is 2.05 bits per heavy atom. The summed E-state index contributed by atoms with van der Waals surface area (Å²) in [5.41, 5.74) is -1.19.